The topological polar surface area (TPSA) is 37.8 Å². The highest BCUT2D eigenvalue weighted by molar-refractivity contribution is 8.00. The normalized spacial score (nSPS) is 10.4. The van der Waals surface area contributed by atoms with Crippen LogP contribution in [0.2, 0.25) is 0 Å². The maximum atomic E-state index is 4.23. The molecule has 1 rings (SSSR count). The van der Waals surface area contributed by atoms with Gasteiger partial charge in [-0.05, 0) is 25.5 Å². The highest BCUT2D eigenvalue weighted by atomic mass is 32.2. The average molecular weight is 189 g/mol. The fraction of sp³-hybridized carbons (Fsp3) is 0.667. The second kappa shape index (κ2) is 4.69. The fourth-order valence-corrected chi connectivity index (χ4v) is 2.25. The summed E-state index contributed by atoms with van der Waals surface area (Å²) in [6.07, 6.45) is 0. The van der Waals surface area contributed by atoms with Gasteiger partial charge < -0.3 is 5.32 Å². The molecule has 0 saturated carbocycles. The Morgan fingerprint density at radius 3 is 3.00 bits per heavy atom. The minimum atomic E-state index is 0.877. The van der Waals surface area contributed by atoms with E-state index in [9.17, 15) is 0 Å². The molecule has 0 amide bonds. The van der Waals surface area contributed by atoms with Gasteiger partial charge in [0.25, 0.3) is 0 Å². The van der Waals surface area contributed by atoms with Gasteiger partial charge in [0, 0.05) is 12.3 Å². The minimum Gasteiger partial charge on any atom is -0.319 e. The van der Waals surface area contributed by atoms with Crippen LogP contribution in [0, 0.1) is 6.92 Å². The lowest BCUT2D eigenvalue weighted by Gasteiger charge is -1.93. The standard InChI is InChI=1S/C6H11N3S2/c1-5-8-6(11-9-5)10-4-3-7-2/h7H,3-4H2,1-2H3. The Hall–Kier alpha value is -0.130. The van der Waals surface area contributed by atoms with Gasteiger partial charge in [0.1, 0.15) is 5.82 Å². The summed E-state index contributed by atoms with van der Waals surface area (Å²) >= 11 is 3.22. The lowest BCUT2D eigenvalue weighted by Crippen LogP contribution is -2.09. The third-order valence-electron chi connectivity index (χ3n) is 1.09. The SMILES string of the molecule is CNCCSc1nc(C)ns1. The molecule has 1 aromatic heterocycles. The summed E-state index contributed by atoms with van der Waals surface area (Å²) in [5.74, 6) is 1.94. The zero-order valence-electron chi connectivity index (χ0n) is 6.63. The Morgan fingerprint density at radius 1 is 1.64 bits per heavy atom. The van der Waals surface area contributed by atoms with Gasteiger partial charge in [-0.15, -0.1) is 0 Å². The molecule has 0 aliphatic carbocycles. The van der Waals surface area contributed by atoms with Crippen LogP contribution in [0.3, 0.4) is 0 Å². The van der Waals surface area contributed by atoms with Crippen molar-refractivity contribution in [2.24, 2.45) is 0 Å². The lowest BCUT2D eigenvalue weighted by molar-refractivity contribution is 0.871. The van der Waals surface area contributed by atoms with E-state index in [0.29, 0.717) is 0 Å². The van der Waals surface area contributed by atoms with Crippen molar-refractivity contribution in [1.82, 2.24) is 14.7 Å². The zero-order chi connectivity index (χ0) is 8.10. The molecule has 0 aliphatic heterocycles. The van der Waals surface area contributed by atoms with E-state index < -0.39 is 0 Å². The molecular weight excluding hydrogens is 178 g/mol. The summed E-state index contributed by atoms with van der Waals surface area (Å²) in [6, 6.07) is 0. The molecule has 0 bridgehead atoms. The van der Waals surface area contributed by atoms with Crippen LogP contribution >= 0.6 is 23.3 Å². The van der Waals surface area contributed by atoms with E-state index in [0.717, 1.165) is 22.5 Å². The molecule has 0 aliphatic rings. The van der Waals surface area contributed by atoms with Crippen LogP contribution < -0.4 is 5.32 Å². The molecule has 0 saturated heterocycles. The monoisotopic (exact) mass is 189 g/mol. The summed E-state index contributed by atoms with van der Waals surface area (Å²) in [7, 11) is 1.95. The van der Waals surface area contributed by atoms with Gasteiger partial charge in [-0.2, -0.15) is 4.37 Å². The highest BCUT2D eigenvalue weighted by Crippen LogP contribution is 2.18. The van der Waals surface area contributed by atoms with Gasteiger partial charge in [-0.3, -0.25) is 0 Å². The van der Waals surface area contributed by atoms with Crippen LogP contribution in [-0.4, -0.2) is 28.7 Å². The summed E-state index contributed by atoms with van der Waals surface area (Å²) < 4.78 is 5.15. The van der Waals surface area contributed by atoms with Gasteiger partial charge in [-0.1, -0.05) is 11.8 Å². The lowest BCUT2D eigenvalue weighted by atomic mass is 10.8. The van der Waals surface area contributed by atoms with Gasteiger partial charge in [0.05, 0.1) is 0 Å². The highest BCUT2D eigenvalue weighted by Gasteiger charge is 1.98. The van der Waals surface area contributed by atoms with Crippen LogP contribution in [0.4, 0.5) is 0 Å². The van der Waals surface area contributed by atoms with Crippen molar-refractivity contribution in [3.05, 3.63) is 5.82 Å². The third-order valence-corrected chi connectivity index (χ3v) is 3.01. The summed E-state index contributed by atoms with van der Waals surface area (Å²) in [5.41, 5.74) is 0. The first-order chi connectivity index (χ1) is 5.33. The van der Waals surface area contributed by atoms with Crippen molar-refractivity contribution in [3.63, 3.8) is 0 Å². The largest absolute Gasteiger partial charge is 0.319 e. The van der Waals surface area contributed by atoms with E-state index in [4.69, 9.17) is 0 Å². The second-order valence-corrected chi connectivity index (χ2v) is 4.15. The van der Waals surface area contributed by atoms with Crippen molar-refractivity contribution in [2.45, 2.75) is 11.3 Å². The van der Waals surface area contributed by atoms with E-state index in [1.165, 1.54) is 11.5 Å². The van der Waals surface area contributed by atoms with E-state index in [1.54, 1.807) is 11.8 Å². The Labute approximate surface area is 74.8 Å². The molecular formula is C6H11N3S2. The molecule has 5 heteroatoms. The van der Waals surface area contributed by atoms with E-state index >= 15 is 0 Å². The summed E-state index contributed by atoms with van der Waals surface area (Å²) in [5, 5.41) is 3.08. The molecule has 0 unspecified atom stereocenters. The molecule has 11 heavy (non-hydrogen) atoms. The van der Waals surface area contributed by atoms with Crippen molar-refractivity contribution in [1.29, 1.82) is 0 Å². The van der Waals surface area contributed by atoms with Crippen LogP contribution in [-0.2, 0) is 0 Å². The third kappa shape index (κ3) is 3.18. The molecule has 0 spiro atoms. The predicted octanol–water partition coefficient (Wildman–Crippen LogP) is 1.16. The number of hydrogen-bond acceptors (Lipinski definition) is 5. The van der Waals surface area contributed by atoms with Gasteiger partial charge in [0.2, 0.25) is 0 Å². The maximum Gasteiger partial charge on any atom is 0.170 e. The molecule has 0 fully saturated rings. The fourth-order valence-electron chi connectivity index (χ4n) is 0.577. The number of hydrogen-bond donors (Lipinski definition) is 1. The molecule has 1 heterocycles. The average Bonchev–Trinajstić information content (AvgIpc) is 2.37. The Kier molecular flexibility index (Phi) is 3.82. The number of nitrogens with zero attached hydrogens (tertiary/aromatic N) is 2. The Bertz CT molecular complexity index is 211. The van der Waals surface area contributed by atoms with E-state index in [-0.39, 0.29) is 0 Å². The maximum absolute atomic E-state index is 4.23. The van der Waals surface area contributed by atoms with Gasteiger partial charge in [-0.25, -0.2) is 4.98 Å². The van der Waals surface area contributed by atoms with Crippen molar-refractivity contribution >= 4 is 23.3 Å². The van der Waals surface area contributed by atoms with Crippen LogP contribution in [0.5, 0.6) is 0 Å². The molecule has 0 atom stereocenters. The molecule has 0 aromatic carbocycles. The summed E-state index contributed by atoms with van der Waals surface area (Å²) in [4.78, 5) is 4.23. The van der Waals surface area contributed by atoms with Crippen molar-refractivity contribution < 1.29 is 0 Å². The number of thioether (sulfide) groups is 1. The van der Waals surface area contributed by atoms with Crippen LogP contribution in [0.15, 0.2) is 4.34 Å². The van der Waals surface area contributed by atoms with Crippen molar-refractivity contribution in [2.75, 3.05) is 19.3 Å². The quantitative estimate of drug-likeness (QED) is 0.570. The first-order valence-electron chi connectivity index (χ1n) is 3.40. The molecule has 1 aromatic rings. The number of rotatable bonds is 4. The smallest absolute Gasteiger partial charge is 0.170 e. The zero-order valence-corrected chi connectivity index (χ0v) is 8.26. The second-order valence-electron chi connectivity index (χ2n) is 2.06. The summed E-state index contributed by atoms with van der Waals surface area (Å²) in [6.45, 7) is 2.93. The number of aromatic nitrogens is 2. The minimum absolute atomic E-state index is 0.877. The Balaban J connectivity index is 2.27. The van der Waals surface area contributed by atoms with E-state index in [1.807, 2.05) is 14.0 Å². The first-order valence-corrected chi connectivity index (χ1v) is 5.16. The Morgan fingerprint density at radius 2 is 2.45 bits per heavy atom. The van der Waals surface area contributed by atoms with Gasteiger partial charge in [0.15, 0.2) is 4.34 Å². The van der Waals surface area contributed by atoms with Gasteiger partial charge >= 0.3 is 0 Å². The molecule has 3 nitrogen and oxygen atoms in total. The first kappa shape index (κ1) is 8.96. The molecule has 1 N–H and O–H groups in total. The van der Waals surface area contributed by atoms with Crippen molar-refractivity contribution in [3.8, 4) is 0 Å². The number of nitrogens with one attached hydrogen (secondary N) is 1. The molecule has 62 valence electrons. The predicted molar refractivity (Wildman–Crippen MR) is 49.3 cm³/mol. The number of aryl methyl sites for hydroxylation is 1. The van der Waals surface area contributed by atoms with Crippen LogP contribution in [0.1, 0.15) is 5.82 Å². The molecule has 0 radical (unpaired) electrons. The van der Waals surface area contributed by atoms with E-state index in [2.05, 4.69) is 14.7 Å². The van der Waals surface area contributed by atoms with Crippen LogP contribution in [0.25, 0.3) is 0 Å².